The van der Waals surface area contributed by atoms with Crippen molar-refractivity contribution in [3.05, 3.63) is 60.4 Å². The molecule has 1 aromatic carbocycles. The SMILES string of the molecule is NC(=O)C(N)(CSc1ccncc1)c1ccccc1. The second-order valence-electron chi connectivity index (χ2n) is 4.17. The molecule has 0 aliphatic carbocycles. The summed E-state index contributed by atoms with van der Waals surface area (Å²) < 4.78 is 0. The molecule has 0 fully saturated rings. The van der Waals surface area contributed by atoms with E-state index in [0.717, 1.165) is 10.5 Å². The Labute approximate surface area is 116 Å². The Morgan fingerprint density at radius 3 is 2.37 bits per heavy atom. The Hall–Kier alpha value is -1.85. The van der Waals surface area contributed by atoms with Crippen molar-refractivity contribution in [3.8, 4) is 0 Å². The van der Waals surface area contributed by atoms with Crippen LogP contribution in [-0.4, -0.2) is 16.6 Å². The fourth-order valence-corrected chi connectivity index (χ4v) is 2.68. The van der Waals surface area contributed by atoms with Gasteiger partial charge in [-0.3, -0.25) is 9.78 Å². The lowest BCUT2D eigenvalue weighted by molar-refractivity contribution is -0.122. The van der Waals surface area contributed by atoms with Crippen LogP contribution in [-0.2, 0) is 10.3 Å². The summed E-state index contributed by atoms with van der Waals surface area (Å²) in [5, 5.41) is 0. The Bertz CT molecular complexity index is 547. The normalized spacial score (nSPS) is 13.7. The molecule has 1 aromatic heterocycles. The van der Waals surface area contributed by atoms with Crippen molar-refractivity contribution < 1.29 is 4.79 Å². The molecule has 0 saturated heterocycles. The number of benzene rings is 1. The summed E-state index contributed by atoms with van der Waals surface area (Å²) in [5.41, 5.74) is 11.2. The molecular weight excluding hydrogens is 258 g/mol. The van der Waals surface area contributed by atoms with Crippen LogP contribution in [0.5, 0.6) is 0 Å². The molecule has 4 nitrogen and oxygen atoms in total. The highest BCUT2D eigenvalue weighted by atomic mass is 32.2. The Morgan fingerprint density at radius 2 is 1.79 bits per heavy atom. The molecule has 0 radical (unpaired) electrons. The summed E-state index contributed by atoms with van der Waals surface area (Å²) in [6, 6.07) is 12.9. The zero-order valence-corrected chi connectivity index (χ0v) is 11.1. The number of hydrogen-bond acceptors (Lipinski definition) is 4. The van der Waals surface area contributed by atoms with E-state index in [1.54, 1.807) is 12.4 Å². The summed E-state index contributed by atoms with van der Waals surface area (Å²) in [5.74, 6) is -0.142. The fraction of sp³-hybridized carbons (Fsp3) is 0.143. The quantitative estimate of drug-likeness (QED) is 0.809. The van der Waals surface area contributed by atoms with Gasteiger partial charge < -0.3 is 11.5 Å². The monoisotopic (exact) mass is 273 g/mol. The minimum absolute atomic E-state index is 0.385. The van der Waals surface area contributed by atoms with Gasteiger partial charge in [0.25, 0.3) is 0 Å². The van der Waals surface area contributed by atoms with Crippen LogP contribution in [0.2, 0.25) is 0 Å². The highest BCUT2D eigenvalue weighted by Gasteiger charge is 2.33. The predicted octanol–water partition coefficient (Wildman–Crippen LogP) is 1.51. The van der Waals surface area contributed by atoms with Crippen LogP contribution in [0.1, 0.15) is 5.56 Å². The molecule has 4 N–H and O–H groups in total. The van der Waals surface area contributed by atoms with E-state index in [0.29, 0.717) is 5.75 Å². The van der Waals surface area contributed by atoms with Gasteiger partial charge in [0.2, 0.25) is 5.91 Å². The van der Waals surface area contributed by atoms with E-state index in [2.05, 4.69) is 4.98 Å². The fourth-order valence-electron chi connectivity index (χ4n) is 1.66. The molecule has 0 aliphatic heterocycles. The van der Waals surface area contributed by atoms with Crippen molar-refractivity contribution in [3.63, 3.8) is 0 Å². The topological polar surface area (TPSA) is 82.0 Å². The van der Waals surface area contributed by atoms with E-state index in [1.165, 1.54) is 11.8 Å². The van der Waals surface area contributed by atoms with Gasteiger partial charge in [-0.25, -0.2) is 0 Å². The largest absolute Gasteiger partial charge is 0.368 e. The molecule has 0 saturated carbocycles. The molecule has 19 heavy (non-hydrogen) atoms. The summed E-state index contributed by atoms with van der Waals surface area (Å²) >= 11 is 1.48. The van der Waals surface area contributed by atoms with E-state index in [-0.39, 0.29) is 0 Å². The second-order valence-corrected chi connectivity index (χ2v) is 5.22. The third-order valence-electron chi connectivity index (χ3n) is 2.84. The van der Waals surface area contributed by atoms with Gasteiger partial charge in [0, 0.05) is 23.0 Å². The maximum absolute atomic E-state index is 11.7. The molecule has 2 aromatic rings. The van der Waals surface area contributed by atoms with Crippen molar-refractivity contribution in [2.45, 2.75) is 10.4 Å². The average molecular weight is 273 g/mol. The van der Waals surface area contributed by atoms with Gasteiger partial charge in [-0.1, -0.05) is 30.3 Å². The predicted molar refractivity (Wildman–Crippen MR) is 76.5 cm³/mol. The van der Waals surface area contributed by atoms with Crippen LogP contribution >= 0.6 is 11.8 Å². The number of nitrogens with zero attached hydrogens (tertiary/aromatic N) is 1. The third-order valence-corrected chi connectivity index (χ3v) is 4.05. The number of amides is 1. The van der Waals surface area contributed by atoms with Crippen molar-refractivity contribution in [1.29, 1.82) is 0 Å². The molecule has 0 bridgehead atoms. The first-order valence-electron chi connectivity index (χ1n) is 5.80. The summed E-state index contributed by atoms with van der Waals surface area (Å²) in [6.45, 7) is 0. The van der Waals surface area contributed by atoms with E-state index in [9.17, 15) is 4.79 Å². The van der Waals surface area contributed by atoms with Crippen LogP contribution in [0.3, 0.4) is 0 Å². The van der Waals surface area contributed by atoms with Crippen molar-refractivity contribution in [1.82, 2.24) is 4.98 Å². The first-order chi connectivity index (χ1) is 9.13. The molecule has 1 unspecified atom stereocenters. The van der Waals surface area contributed by atoms with Crippen molar-refractivity contribution >= 4 is 17.7 Å². The number of hydrogen-bond donors (Lipinski definition) is 2. The van der Waals surface area contributed by atoms with Gasteiger partial charge in [0.15, 0.2) is 0 Å². The molecule has 1 atom stereocenters. The summed E-state index contributed by atoms with van der Waals surface area (Å²) in [6.07, 6.45) is 3.40. The van der Waals surface area contributed by atoms with Crippen LogP contribution in [0.4, 0.5) is 0 Å². The van der Waals surface area contributed by atoms with Gasteiger partial charge in [-0.05, 0) is 17.7 Å². The highest BCUT2D eigenvalue weighted by molar-refractivity contribution is 7.99. The Kier molecular flexibility index (Phi) is 4.19. The van der Waals surface area contributed by atoms with E-state index in [1.807, 2.05) is 42.5 Å². The van der Waals surface area contributed by atoms with Gasteiger partial charge in [-0.2, -0.15) is 0 Å². The maximum atomic E-state index is 11.7. The highest BCUT2D eigenvalue weighted by Crippen LogP contribution is 2.27. The van der Waals surface area contributed by atoms with Crippen LogP contribution in [0, 0.1) is 0 Å². The lowest BCUT2D eigenvalue weighted by atomic mass is 9.92. The van der Waals surface area contributed by atoms with Crippen LogP contribution in [0.25, 0.3) is 0 Å². The van der Waals surface area contributed by atoms with Crippen LogP contribution < -0.4 is 11.5 Å². The number of thioether (sulfide) groups is 1. The molecule has 2 rings (SSSR count). The first kappa shape index (κ1) is 13.6. The lowest BCUT2D eigenvalue weighted by Gasteiger charge is -2.26. The lowest BCUT2D eigenvalue weighted by Crippen LogP contribution is -2.51. The standard InChI is InChI=1S/C14H15N3OS/c15-13(18)14(16,11-4-2-1-3-5-11)10-19-12-6-8-17-9-7-12/h1-9H,10,16H2,(H2,15,18). The molecule has 5 heteroatoms. The molecule has 98 valence electrons. The van der Waals surface area contributed by atoms with Crippen LogP contribution in [0.15, 0.2) is 59.8 Å². The van der Waals surface area contributed by atoms with E-state index >= 15 is 0 Å². The molecule has 0 spiro atoms. The van der Waals surface area contributed by atoms with Gasteiger partial charge in [0.05, 0.1) is 0 Å². The second kappa shape index (κ2) is 5.86. The Morgan fingerprint density at radius 1 is 1.16 bits per heavy atom. The smallest absolute Gasteiger partial charge is 0.243 e. The number of carbonyl (C=O) groups excluding carboxylic acids is 1. The number of carbonyl (C=O) groups is 1. The zero-order valence-electron chi connectivity index (χ0n) is 10.3. The van der Waals surface area contributed by atoms with E-state index in [4.69, 9.17) is 11.5 Å². The number of rotatable bonds is 5. The minimum atomic E-state index is -1.17. The number of pyridine rings is 1. The molecular formula is C14H15N3OS. The zero-order chi connectivity index (χ0) is 13.7. The maximum Gasteiger partial charge on any atom is 0.243 e. The molecule has 1 heterocycles. The Balaban J connectivity index is 2.19. The van der Waals surface area contributed by atoms with Gasteiger partial charge in [-0.15, -0.1) is 11.8 Å². The average Bonchev–Trinajstić information content (AvgIpc) is 2.46. The minimum Gasteiger partial charge on any atom is -0.368 e. The van der Waals surface area contributed by atoms with Crippen molar-refractivity contribution in [2.75, 3.05) is 5.75 Å². The van der Waals surface area contributed by atoms with E-state index < -0.39 is 11.4 Å². The third kappa shape index (κ3) is 3.13. The van der Waals surface area contributed by atoms with Gasteiger partial charge >= 0.3 is 0 Å². The number of primary amides is 1. The number of aromatic nitrogens is 1. The van der Waals surface area contributed by atoms with Crippen molar-refractivity contribution in [2.24, 2.45) is 11.5 Å². The molecule has 0 aliphatic rings. The summed E-state index contributed by atoms with van der Waals surface area (Å²) in [4.78, 5) is 16.7. The first-order valence-corrected chi connectivity index (χ1v) is 6.78. The summed E-state index contributed by atoms with van der Waals surface area (Å²) in [7, 11) is 0. The number of nitrogens with two attached hydrogens (primary N) is 2. The molecule has 1 amide bonds. The van der Waals surface area contributed by atoms with Gasteiger partial charge in [0.1, 0.15) is 5.54 Å².